The molecule has 0 bridgehead atoms. The van der Waals surface area contributed by atoms with E-state index in [2.05, 4.69) is 10.3 Å². The van der Waals surface area contributed by atoms with Crippen molar-refractivity contribution >= 4 is 12.0 Å². The predicted octanol–water partition coefficient (Wildman–Crippen LogP) is 4.15. The zero-order valence-corrected chi connectivity index (χ0v) is 20.4. The summed E-state index contributed by atoms with van der Waals surface area (Å²) in [5, 5.41) is 2.75. The summed E-state index contributed by atoms with van der Waals surface area (Å²) >= 11 is 0. The van der Waals surface area contributed by atoms with Gasteiger partial charge in [0, 0.05) is 18.7 Å². The highest BCUT2D eigenvalue weighted by Crippen LogP contribution is 2.30. The molecule has 2 aliphatic rings. The van der Waals surface area contributed by atoms with E-state index in [1.165, 1.54) is 18.1 Å². The fourth-order valence-electron chi connectivity index (χ4n) is 4.32. The molecule has 1 saturated heterocycles. The van der Waals surface area contributed by atoms with Gasteiger partial charge in [0.25, 0.3) is 5.88 Å². The van der Waals surface area contributed by atoms with Crippen molar-refractivity contribution in [3.63, 3.8) is 0 Å². The van der Waals surface area contributed by atoms with Gasteiger partial charge in [0.15, 0.2) is 5.82 Å². The third kappa shape index (κ3) is 6.70. The molecule has 0 aromatic carbocycles. The molecule has 2 heterocycles. The van der Waals surface area contributed by atoms with Crippen molar-refractivity contribution in [1.82, 2.24) is 15.2 Å². The van der Waals surface area contributed by atoms with Crippen LogP contribution >= 0.6 is 0 Å². The van der Waals surface area contributed by atoms with Crippen molar-refractivity contribution in [2.45, 2.75) is 83.6 Å². The van der Waals surface area contributed by atoms with Gasteiger partial charge in [-0.25, -0.2) is 9.18 Å². The summed E-state index contributed by atoms with van der Waals surface area (Å²) in [6, 6.07) is 0.579. The van der Waals surface area contributed by atoms with E-state index in [-0.39, 0.29) is 42.9 Å². The van der Waals surface area contributed by atoms with Crippen molar-refractivity contribution < 1.29 is 32.6 Å². The van der Waals surface area contributed by atoms with Crippen molar-refractivity contribution in [1.29, 1.82) is 0 Å². The zero-order valence-electron chi connectivity index (χ0n) is 20.4. The summed E-state index contributed by atoms with van der Waals surface area (Å²) in [4.78, 5) is 30.8. The summed E-state index contributed by atoms with van der Waals surface area (Å²) in [6.45, 7) is 5.38. The lowest BCUT2D eigenvalue weighted by atomic mass is 9.88. The Morgan fingerprint density at radius 1 is 1.18 bits per heavy atom. The topological polar surface area (TPSA) is 90.0 Å². The Balaban J connectivity index is 1.61. The highest BCUT2D eigenvalue weighted by molar-refractivity contribution is 5.86. The first kappa shape index (κ1) is 26.0. The van der Waals surface area contributed by atoms with E-state index in [4.69, 9.17) is 14.2 Å². The van der Waals surface area contributed by atoms with E-state index in [9.17, 15) is 18.4 Å². The van der Waals surface area contributed by atoms with Crippen molar-refractivity contribution in [2.75, 3.05) is 20.3 Å². The second-order valence-corrected chi connectivity index (χ2v) is 9.91. The Morgan fingerprint density at radius 3 is 2.50 bits per heavy atom. The third-order valence-electron chi connectivity index (χ3n) is 6.10. The zero-order chi connectivity index (χ0) is 24.9. The molecule has 1 aliphatic carbocycles. The lowest BCUT2D eigenvalue weighted by Crippen LogP contribution is -2.47. The van der Waals surface area contributed by atoms with E-state index in [1.54, 1.807) is 20.8 Å². The molecule has 1 saturated carbocycles. The molecule has 0 spiro atoms. The van der Waals surface area contributed by atoms with E-state index in [0.717, 1.165) is 0 Å². The van der Waals surface area contributed by atoms with Gasteiger partial charge in [-0.15, -0.1) is 0 Å². The van der Waals surface area contributed by atoms with Crippen LogP contribution in [0.1, 0.15) is 64.9 Å². The first-order valence-corrected chi connectivity index (χ1v) is 11.8. The number of methoxy groups -OCH3 is 1. The second kappa shape index (κ2) is 11.2. The van der Waals surface area contributed by atoms with Crippen LogP contribution in [0.25, 0.3) is 0 Å². The minimum atomic E-state index is -0.659. The summed E-state index contributed by atoms with van der Waals surface area (Å²) in [7, 11) is 1.41. The Hall–Kier alpha value is -2.65. The van der Waals surface area contributed by atoms with E-state index < -0.39 is 23.6 Å². The van der Waals surface area contributed by atoms with Gasteiger partial charge in [0.2, 0.25) is 11.8 Å². The number of carbonyl (C=O) groups is 2. The fraction of sp³-hybridized carbons (Fsp3) is 0.708. The summed E-state index contributed by atoms with van der Waals surface area (Å²) in [6.07, 6.45) is 3.15. The molecule has 1 atom stereocenters. The second-order valence-electron chi connectivity index (χ2n) is 9.91. The van der Waals surface area contributed by atoms with Crippen LogP contribution in [-0.2, 0) is 16.1 Å². The maximum atomic E-state index is 14.7. The molecule has 2 fully saturated rings. The molecule has 2 amide bonds. The van der Waals surface area contributed by atoms with Gasteiger partial charge < -0.3 is 19.5 Å². The monoisotopic (exact) mass is 483 g/mol. The number of alkyl halides is 1. The smallest absolute Gasteiger partial charge is 0.410 e. The molecule has 0 unspecified atom stereocenters. The van der Waals surface area contributed by atoms with E-state index in [1.807, 2.05) is 0 Å². The Bertz CT molecular complexity index is 869. The molecule has 1 N–H and O–H groups in total. The van der Waals surface area contributed by atoms with Gasteiger partial charge in [-0.2, -0.15) is 4.98 Å². The van der Waals surface area contributed by atoms with Crippen LogP contribution in [0.4, 0.5) is 13.6 Å². The number of pyridine rings is 1. The molecule has 1 aromatic rings. The van der Waals surface area contributed by atoms with Crippen LogP contribution < -0.4 is 14.8 Å². The number of hydrogen-bond acceptors (Lipinski definition) is 6. The van der Waals surface area contributed by atoms with Gasteiger partial charge in [-0.3, -0.25) is 14.1 Å². The molecule has 1 aromatic heterocycles. The van der Waals surface area contributed by atoms with Crippen molar-refractivity contribution in [2.24, 2.45) is 5.92 Å². The molecule has 34 heavy (non-hydrogen) atoms. The predicted molar refractivity (Wildman–Crippen MR) is 121 cm³/mol. The van der Waals surface area contributed by atoms with Crippen LogP contribution in [0.15, 0.2) is 6.07 Å². The molecule has 0 radical (unpaired) electrons. The number of rotatable bonds is 7. The van der Waals surface area contributed by atoms with Gasteiger partial charge in [0.1, 0.15) is 17.7 Å². The van der Waals surface area contributed by atoms with Gasteiger partial charge in [-0.1, -0.05) is 0 Å². The van der Waals surface area contributed by atoms with Crippen LogP contribution in [-0.4, -0.2) is 60.0 Å². The molecular formula is C24H35F2N3O5. The molecule has 1 aliphatic heterocycles. The largest absolute Gasteiger partial charge is 0.481 e. The number of amides is 2. The lowest BCUT2D eigenvalue weighted by molar-refractivity contribution is -0.125. The van der Waals surface area contributed by atoms with E-state index >= 15 is 0 Å². The van der Waals surface area contributed by atoms with Crippen molar-refractivity contribution in [3.05, 3.63) is 17.4 Å². The maximum Gasteiger partial charge on any atom is 0.410 e. The first-order valence-electron chi connectivity index (χ1n) is 11.8. The molecular weight excluding hydrogens is 448 g/mol. The minimum Gasteiger partial charge on any atom is -0.481 e. The molecule has 3 rings (SSSR count). The first-order chi connectivity index (χ1) is 16.1. The Kier molecular flexibility index (Phi) is 8.54. The number of nitrogens with one attached hydrogen (secondary N) is 1. The van der Waals surface area contributed by atoms with Crippen LogP contribution in [0.5, 0.6) is 11.8 Å². The minimum absolute atomic E-state index is 0.0214. The van der Waals surface area contributed by atoms with Gasteiger partial charge in [0.05, 0.1) is 13.8 Å². The number of carbonyl (C=O) groups excluding carboxylic acids is 2. The third-order valence-corrected chi connectivity index (χ3v) is 6.10. The van der Waals surface area contributed by atoms with E-state index in [0.29, 0.717) is 50.6 Å². The summed E-state index contributed by atoms with van der Waals surface area (Å²) in [5.41, 5.74) is -0.308. The number of halogens is 2. The number of aromatic nitrogens is 1. The number of nitrogens with zero attached hydrogens (tertiary/aromatic N) is 2. The average molecular weight is 484 g/mol. The summed E-state index contributed by atoms with van der Waals surface area (Å²) < 4.78 is 44.0. The van der Waals surface area contributed by atoms with Crippen LogP contribution in [0, 0.1) is 11.7 Å². The molecule has 190 valence electrons. The maximum absolute atomic E-state index is 14.7. The number of hydrogen-bond donors (Lipinski definition) is 1. The molecule has 10 heteroatoms. The van der Waals surface area contributed by atoms with Crippen LogP contribution in [0.3, 0.4) is 0 Å². The standard InChI is InChI=1S/C24H35F2N3O5/c1-24(2,3)34-23(31)29-11-5-6-19(29)20(30)27-14-16-12-18(26)22(28-21(16)32-4)33-17-9-7-15(13-25)8-10-17/h12,15,17,19H,5-11,13-14H2,1-4H3,(H,27,30)/t15?,17?,19-/m0/s1. The Labute approximate surface area is 199 Å². The average Bonchev–Trinajstić information content (AvgIpc) is 3.28. The fourth-order valence-corrected chi connectivity index (χ4v) is 4.32. The Morgan fingerprint density at radius 2 is 1.88 bits per heavy atom. The molecule has 8 nitrogen and oxygen atoms in total. The SMILES string of the molecule is COc1nc(OC2CCC(CF)CC2)c(F)cc1CNC(=O)[C@@H]1CCCN1C(=O)OC(C)(C)C. The number of ether oxygens (including phenoxy) is 3. The number of likely N-dealkylation sites (tertiary alicyclic amines) is 1. The van der Waals surface area contributed by atoms with Gasteiger partial charge >= 0.3 is 6.09 Å². The highest BCUT2D eigenvalue weighted by Gasteiger charge is 2.36. The van der Waals surface area contributed by atoms with Gasteiger partial charge in [-0.05, 0) is 71.3 Å². The highest BCUT2D eigenvalue weighted by atomic mass is 19.1. The van der Waals surface area contributed by atoms with Crippen LogP contribution in [0.2, 0.25) is 0 Å². The quantitative estimate of drug-likeness (QED) is 0.627. The lowest BCUT2D eigenvalue weighted by Gasteiger charge is -2.28. The van der Waals surface area contributed by atoms with Crippen molar-refractivity contribution in [3.8, 4) is 11.8 Å². The summed E-state index contributed by atoms with van der Waals surface area (Å²) in [5.74, 6) is -0.985. The normalized spacial score (nSPS) is 22.9.